The number of ether oxygens (including phenoxy) is 1. The smallest absolute Gasteiger partial charge is 0.287 e. The number of amides is 1. The Morgan fingerprint density at radius 2 is 2.38 bits per heavy atom. The summed E-state index contributed by atoms with van der Waals surface area (Å²) in [5, 5.41) is 9.12. The van der Waals surface area contributed by atoms with Crippen LogP contribution < -0.4 is 10.1 Å². The van der Waals surface area contributed by atoms with Gasteiger partial charge in [-0.2, -0.15) is 0 Å². The van der Waals surface area contributed by atoms with Crippen molar-refractivity contribution in [3.63, 3.8) is 0 Å². The molecule has 1 amide bonds. The molecule has 0 aliphatic heterocycles. The van der Waals surface area contributed by atoms with Crippen LogP contribution in [0.25, 0.3) is 0 Å². The van der Waals surface area contributed by atoms with Gasteiger partial charge in [-0.3, -0.25) is 4.79 Å². The molecule has 0 aliphatic carbocycles. The maximum atomic E-state index is 11.9. The highest BCUT2D eigenvalue weighted by Gasteiger charge is 2.11. The van der Waals surface area contributed by atoms with E-state index < -0.39 is 0 Å². The zero-order valence-corrected chi connectivity index (χ0v) is 14.4. The number of nitrogens with zero attached hydrogens (tertiary/aromatic N) is 3. The van der Waals surface area contributed by atoms with E-state index in [1.165, 1.54) is 16.0 Å². The molecular weight excluding hydrogens is 348 g/mol. The molecule has 7 nitrogen and oxygen atoms in total. The first kappa shape index (κ1) is 16.3. The first-order chi connectivity index (χ1) is 11.6. The van der Waals surface area contributed by atoms with Crippen molar-refractivity contribution in [2.24, 2.45) is 0 Å². The van der Waals surface area contributed by atoms with Gasteiger partial charge < -0.3 is 14.5 Å². The minimum Gasteiger partial charge on any atom is -0.484 e. The molecule has 9 heteroatoms. The van der Waals surface area contributed by atoms with E-state index in [4.69, 9.17) is 21.4 Å². The molecule has 3 aromatic rings. The zero-order valence-electron chi connectivity index (χ0n) is 12.8. The number of thiazole rings is 1. The molecule has 1 aromatic carbocycles. The lowest BCUT2D eigenvalue weighted by Crippen LogP contribution is -2.19. The average molecular weight is 362 g/mol. The van der Waals surface area contributed by atoms with Crippen LogP contribution in [0.15, 0.2) is 40.3 Å². The molecule has 0 aliphatic rings. The summed E-state index contributed by atoms with van der Waals surface area (Å²) < 4.78 is 12.3. The Bertz CT molecular complexity index is 886. The van der Waals surface area contributed by atoms with E-state index in [2.05, 4.69) is 15.4 Å². The van der Waals surface area contributed by atoms with Crippen molar-refractivity contribution in [1.29, 1.82) is 0 Å². The first-order valence-electron chi connectivity index (χ1n) is 7.06. The standard InChI is InChI=1S/C15H14N4O3S2/c1-10-3-2-4-11(7-10)21-9-13-18-19(15(23)22-13)8-12(20)17-14-16-5-6-24-14/h2-7H,8-9H2,1H3,(H,16,17,20). The summed E-state index contributed by atoms with van der Waals surface area (Å²) in [6, 6.07) is 7.64. The third kappa shape index (κ3) is 4.27. The van der Waals surface area contributed by atoms with Gasteiger partial charge in [-0.25, -0.2) is 9.67 Å². The van der Waals surface area contributed by atoms with E-state index in [-0.39, 0.29) is 23.9 Å². The Morgan fingerprint density at radius 3 is 3.12 bits per heavy atom. The number of carbonyl (C=O) groups excluding carboxylic acids is 1. The molecule has 0 bridgehead atoms. The summed E-state index contributed by atoms with van der Waals surface area (Å²) in [6.45, 7) is 2.06. The Morgan fingerprint density at radius 1 is 1.50 bits per heavy atom. The van der Waals surface area contributed by atoms with Crippen molar-refractivity contribution in [1.82, 2.24) is 14.8 Å². The number of aromatic nitrogens is 3. The Kier molecular flexibility index (Phi) is 5.02. The predicted molar refractivity (Wildman–Crippen MR) is 91.6 cm³/mol. The molecule has 2 heterocycles. The van der Waals surface area contributed by atoms with Crippen molar-refractivity contribution < 1.29 is 13.9 Å². The number of anilines is 1. The normalized spacial score (nSPS) is 10.5. The minimum atomic E-state index is -0.277. The van der Waals surface area contributed by atoms with Crippen molar-refractivity contribution in [3.8, 4) is 5.75 Å². The molecule has 0 saturated heterocycles. The molecule has 0 spiro atoms. The fourth-order valence-electron chi connectivity index (χ4n) is 1.94. The molecule has 0 saturated carbocycles. The lowest BCUT2D eigenvalue weighted by atomic mass is 10.2. The number of aryl methyl sites for hydroxylation is 1. The van der Waals surface area contributed by atoms with Gasteiger partial charge in [0.2, 0.25) is 5.91 Å². The Labute approximate surface area is 146 Å². The average Bonchev–Trinajstić information content (AvgIpc) is 3.16. The summed E-state index contributed by atoms with van der Waals surface area (Å²) in [6.07, 6.45) is 1.61. The SMILES string of the molecule is Cc1cccc(OCc2nn(CC(=O)Nc3nccs3)c(=S)o2)c1. The molecule has 2 aromatic heterocycles. The molecule has 24 heavy (non-hydrogen) atoms. The van der Waals surface area contributed by atoms with Crippen molar-refractivity contribution >= 4 is 34.6 Å². The van der Waals surface area contributed by atoms with Gasteiger partial charge in [-0.15, -0.1) is 16.4 Å². The molecule has 3 rings (SSSR count). The van der Waals surface area contributed by atoms with Gasteiger partial charge in [0.15, 0.2) is 11.7 Å². The number of nitrogens with one attached hydrogen (secondary N) is 1. The van der Waals surface area contributed by atoms with Gasteiger partial charge in [-0.05, 0) is 36.8 Å². The molecular formula is C15H14N4O3S2. The van der Waals surface area contributed by atoms with Crippen LogP contribution in [-0.2, 0) is 17.9 Å². The van der Waals surface area contributed by atoms with Gasteiger partial charge >= 0.3 is 0 Å². The van der Waals surface area contributed by atoms with Gasteiger partial charge in [0.05, 0.1) is 0 Å². The first-order valence-corrected chi connectivity index (χ1v) is 8.34. The van der Waals surface area contributed by atoms with Crippen molar-refractivity contribution in [2.45, 2.75) is 20.1 Å². The van der Waals surface area contributed by atoms with Crippen LogP contribution in [-0.4, -0.2) is 20.7 Å². The summed E-state index contributed by atoms with van der Waals surface area (Å²) in [5.74, 6) is 0.747. The number of hydrogen-bond acceptors (Lipinski definition) is 7. The predicted octanol–water partition coefficient (Wildman–Crippen LogP) is 3.19. The van der Waals surface area contributed by atoms with Crippen LogP contribution in [0.3, 0.4) is 0 Å². The quantitative estimate of drug-likeness (QED) is 0.678. The van der Waals surface area contributed by atoms with Gasteiger partial charge in [-0.1, -0.05) is 12.1 Å². The third-order valence-electron chi connectivity index (χ3n) is 2.97. The largest absolute Gasteiger partial charge is 0.484 e. The molecule has 1 N–H and O–H groups in total. The summed E-state index contributed by atoms with van der Waals surface area (Å²) in [4.78, 5) is 16.0. The number of benzene rings is 1. The summed E-state index contributed by atoms with van der Waals surface area (Å²) in [7, 11) is 0. The van der Waals surface area contributed by atoms with Crippen LogP contribution in [0, 0.1) is 11.8 Å². The Balaban J connectivity index is 1.60. The molecule has 0 unspecified atom stereocenters. The molecule has 124 valence electrons. The second kappa shape index (κ2) is 7.37. The van der Waals surface area contributed by atoms with E-state index in [0.29, 0.717) is 16.8 Å². The third-order valence-corrected chi connectivity index (χ3v) is 3.95. The second-order valence-corrected chi connectivity index (χ2v) is 6.15. The highest BCUT2D eigenvalue weighted by molar-refractivity contribution is 7.71. The monoisotopic (exact) mass is 362 g/mol. The van der Waals surface area contributed by atoms with E-state index in [1.54, 1.807) is 11.6 Å². The van der Waals surface area contributed by atoms with Crippen LogP contribution in [0.2, 0.25) is 0 Å². The zero-order chi connectivity index (χ0) is 16.9. The Hall–Kier alpha value is -2.52. The van der Waals surface area contributed by atoms with Gasteiger partial charge in [0.25, 0.3) is 10.7 Å². The summed E-state index contributed by atoms with van der Waals surface area (Å²) >= 11 is 6.41. The number of carbonyl (C=O) groups is 1. The van der Waals surface area contributed by atoms with E-state index in [0.717, 1.165) is 5.56 Å². The molecule has 0 radical (unpaired) electrons. The fourth-order valence-corrected chi connectivity index (χ4v) is 2.68. The van der Waals surface area contributed by atoms with Crippen LogP contribution in [0.5, 0.6) is 5.75 Å². The molecule has 0 fully saturated rings. The molecule has 0 atom stereocenters. The lowest BCUT2D eigenvalue weighted by Gasteiger charge is -2.03. The minimum absolute atomic E-state index is 0.0492. The van der Waals surface area contributed by atoms with E-state index in [9.17, 15) is 4.79 Å². The number of rotatable bonds is 6. The van der Waals surface area contributed by atoms with Gasteiger partial charge in [0.1, 0.15) is 12.3 Å². The van der Waals surface area contributed by atoms with Crippen LogP contribution >= 0.6 is 23.6 Å². The van der Waals surface area contributed by atoms with E-state index in [1.807, 2.05) is 31.2 Å². The van der Waals surface area contributed by atoms with Crippen LogP contribution in [0.4, 0.5) is 5.13 Å². The summed E-state index contributed by atoms with van der Waals surface area (Å²) in [5.41, 5.74) is 1.10. The highest BCUT2D eigenvalue weighted by atomic mass is 32.1. The van der Waals surface area contributed by atoms with Crippen molar-refractivity contribution in [3.05, 3.63) is 52.1 Å². The maximum absolute atomic E-state index is 11.9. The van der Waals surface area contributed by atoms with Crippen molar-refractivity contribution in [2.75, 3.05) is 5.32 Å². The highest BCUT2D eigenvalue weighted by Crippen LogP contribution is 2.14. The number of hydrogen-bond donors (Lipinski definition) is 1. The lowest BCUT2D eigenvalue weighted by molar-refractivity contribution is -0.117. The van der Waals surface area contributed by atoms with Gasteiger partial charge in [0, 0.05) is 11.6 Å². The second-order valence-electron chi connectivity index (χ2n) is 4.91. The van der Waals surface area contributed by atoms with E-state index >= 15 is 0 Å². The maximum Gasteiger partial charge on any atom is 0.287 e. The fraction of sp³-hybridized carbons (Fsp3) is 0.200. The topological polar surface area (TPSA) is 82.2 Å². The van der Waals surface area contributed by atoms with Crippen LogP contribution in [0.1, 0.15) is 11.5 Å².